The number of urea groups is 1. The van der Waals surface area contributed by atoms with Crippen molar-refractivity contribution in [3.63, 3.8) is 0 Å². The zero-order valence-corrected chi connectivity index (χ0v) is 16.5. The first-order chi connectivity index (χ1) is 14.8. The Kier molecular flexibility index (Phi) is 6.15. The molecule has 2 aromatic carbocycles. The molecule has 0 bridgehead atoms. The molecule has 1 unspecified atom stereocenters. The number of pyridine rings is 1. The minimum atomic E-state index is -0.211. The summed E-state index contributed by atoms with van der Waals surface area (Å²) in [5.41, 5.74) is 3.19. The second kappa shape index (κ2) is 9.52. The summed E-state index contributed by atoms with van der Waals surface area (Å²) in [4.78, 5) is 17.0. The van der Waals surface area contributed by atoms with Crippen molar-refractivity contribution < 1.29 is 4.79 Å². The van der Waals surface area contributed by atoms with Gasteiger partial charge in [0.1, 0.15) is 0 Å². The van der Waals surface area contributed by atoms with E-state index in [0.29, 0.717) is 12.4 Å². The lowest BCUT2D eigenvalue weighted by Gasteiger charge is -2.20. The number of rotatable bonds is 7. The molecule has 0 saturated carbocycles. The van der Waals surface area contributed by atoms with E-state index in [4.69, 9.17) is 0 Å². The number of aromatic nitrogens is 3. The summed E-state index contributed by atoms with van der Waals surface area (Å²) in [5.74, 6) is 0.714. The SMILES string of the molecule is O=C(NCc1ccnc(-n2cccn2)c1)NC(Cc1ccccc1)c1ccccc1. The van der Waals surface area contributed by atoms with Gasteiger partial charge in [-0.25, -0.2) is 14.5 Å². The first kappa shape index (κ1) is 19.4. The Morgan fingerprint density at radius 3 is 2.40 bits per heavy atom. The van der Waals surface area contributed by atoms with Crippen LogP contribution in [0.5, 0.6) is 0 Å². The van der Waals surface area contributed by atoms with E-state index < -0.39 is 0 Å². The molecule has 4 rings (SSSR count). The molecule has 0 spiro atoms. The van der Waals surface area contributed by atoms with Crippen LogP contribution in [0.3, 0.4) is 0 Å². The summed E-state index contributed by atoms with van der Waals surface area (Å²) < 4.78 is 1.69. The van der Waals surface area contributed by atoms with E-state index in [-0.39, 0.29) is 12.1 Å². The van der Waals surface area contributed by atoms with Gasteiger partial charge in [-0.05, 0) is 41.3 Å². The molecule has 0 radical (unpaired) electrons. The Labute approximate surface area is 175 Å². The third-order valence-corrected chi connectivity index (χ3v) is 4.79. The van der Waals surface area contributed by atoms with Crippen molar-refractivity contribution >= 4 is 6.03 Å². The number of benzene rings is 2. The fourth-order valence-electron chi connectivity index (χ4n) is 3.28. The van der Waals surface area contributed by atoms with Gasteiger partial charge in [0.25, 0.3) is 0 Å². The molecule has 150 valence electrons. The molecule has 2 amide bonds. The van der Waals surface area contributed by atoms with Crippen molar-refractivity contribution in [3.8, 4) is 5.82 Å². The molecule has 1 atom stereocenters. The average Bonchev–Trinajstić information content (AvgIpc) is 3.34. The van der Waals surface area contributed by atoms with Gasteiger partial charge < -0.3 is 10.6 Å². The number of nitrogens with zero attached hydrogens (tertiary/aromatic N) is 3. The van der Waals surface area contributed by atoms with Gasteiger partial charge in [-0.1, -0.05) is 60.7 Å². The Hall–Kier alpha value is -3.93. The summed E-state index contributed by atoms with van der Waals surface area (Å²) in [5, 5.41) is 10.3. The Morgan fingerprint density at radius 1 is 0.900 bits per heavy atom. The van der Waals surface area contributed by atoms with E-state index in [1.807, 2.05) is 72.9 Å². The molecule has 0 saturated heterocycles. The van der Waals surface area contributed by atoms with Crippen LogP contribution in [0.15, 0.2) is 97.5 Å². The van der Waals surface area contributed by atoms with Gasteiger partial charge in [-0.2, -0.15) is 5.10 Å². The second-order valence-electron chi connectivity index (χ2n) is 6.95. The molecule has 0 aliphatic carbocycles. The molecule has 2 heterocycles. The van der Waals surface area contributed by atoms with Crippen LogP contribution in [0.4, 0.5) is 4.79 Å². The summed E-state index contributed by atoms with van der Waals surface area (Å²) in [6, 6.07) is 25.5. The van der Waals surface area contributed by atoms with Crippen LogP contribution in [0.2, 0.25) is 0 Å². The number of carbonyl (C=O) groups is 1. The molecule has 6 heteroatoms. The van der Waals surface area contributed by atoms with Crippen LogP contribution in [0, 0.1) is 0 Å². The second-order valence-corrected chi connectivity index (χ2v) is 6.95. The number of carbonyl (C=O) groups excluding carboxylic acids is 1. The summed E-state index contributed by atoms with van der Waals surface area (Å²) in [6.45, 7) is 0.398. The van der Waals surface area contributed by atoms with E-state index in [9.17, 15) is 4.79 Å². The third kappa shape index (κ3) is 5.11. The molecule has 2 aromatic heterocycles. The van der Waals surface area contributed by atoms with Crippen LogP contribution in [0.25, 0.3) is 5.82 Å². The van der Waals surface area contributed by atoms with Crippen molar-refractivity contribution in [2.24, 2.45) is 0 Å². The fourth-order valence-corrected chi connectivity index (χ4v) is 3.28. The van der Waals surface area contributed by atoms with E-state index in [1.54, 1.807) is 17.1 Å². The highest BCUT2D eigenvalue weighted by Gasteiger charge is 2.15. The Bertz CT molecular complexity index is 1070. The summed E-state index contributed by atoms with van der Waals surface area (Å²) in [7, 11) is 0. The fraction of sp³-hybridized carbons (Fsp3) is 0.125. The normalized spacial score (nSPS) is 11.6. The zero-order chi connectivity index (χ0) is 20.6. The predicted molar refractivity (Wildman–Crippen MR) is 116 cm³/mol. The average molecular weight is 397 g/mol. The van der Waals surface area contributed by atoms with Crippen LogP contribution in [-0.4, -0.2) is 20.8 Å². The maximum absolute atomic E-state index is 12.6. The van der Waals surface area contributed by atoms with Gasteiger partial charge in [0.2, 0.25) is 0 Å². The van der Waals surface area contributed by atoms with Crippen molar-refractivity contribution in [3.05, 3.63) is 114 Å². The van der Waals surface area contributed by atoms with E-state index in [1.165, 1.54) is 5.56 Å². The standard InChI is InChI=1S/C24H23N5O/c30-24(26-18-20-12-14-25-23(17-20)29-15-7-13-27-29)28-22(21-10-5-2-6-11-21)16-19-8-3-1-4-9-19/h1-15,17,22H,16,18H2,(H2,26,28,30). The van der Waals surface area contributed by atoms with Crippen LogP contribution in [0.1, 0.15) is 22.7 Å². The van der Waals surface area contributed by atoms with Crippen molar-refractivity contribution in [1.29, 1.82) is 0 Å². The molecular formula is C24H23N5O. The monoisotopic (exact) mass is 397 g/mol. The van der Waals surface area contributed by atoms with Crippen LogP contribution < -0.4 is 10.6 Å². The topological polar surface area (TPSA) is 71.8 Å². The lowest BCUT2D eigenvalue weighted by Crippen LogP contribution is -2.38. The van der Waals surface area contributed by atoms with Gasteiger partial charge >= 0.3 is 6.03 Å². The maximum atomic E-state index is 12.6. The van der Waals surface area contributed by atoms with Gasteiger partial charge in [0.05, 0.1) is 6.04 Å². The molecule has 6 nitrogen and oxygen atoms in total. The number of amides is 2. The molecule has 30 heavy (non-hydrogen) atoms. The Balaban J connectivity index is 1.41. The van der Waals surface area contributed by atoms with Gasteiger partial charge in [0, 0.05) is 25.1 Å². The lowest BCUT2D eigenvalue weighted by atomic mass is 9.99. The lowest BCUT2D eigenvalue weighted by molar-refractivity contribution is 0.236. The first-order valence-corrected chi connectivity index (χ1v) is 9.86. The summed E-state index contributed by atoms with van der Waals surface area (Å²) >= 11 is 0. The first-order valence-electron chi connectivity index (χ1n) is 9.86. The smallest absolute Gasteiger partial charge is 0.315 e. The van der Waals surface area contributed by atoms with Crippen LogP contribution in [-0.2, 0) is 13.0 Å². The molecule has 0 aliphatic rings. The maximum Gasteiger partial charge on any atom is 0.315 e. The van der Waals surface area contributed by atoms with E-state index in [0.717, 1.165) is 17.5 Å². The molecule has 0 aliphatic heterocycles. The quantitative estimate of drug-likeness (QED) is 0.494. The van der Waals surface area contributed by atoms with E-state index in [2.05, 4.69) is 32.8 Å². The number of nitrogens with one attached hydrogen (secondary N) is 2. The largest absolute Gasteiger partial charge is 0.334 e. The number of hydrogen-bond donors (Lipinski definition) is 2. The van der Waals surface area contributed by atoms with Crippen molar-refractivity contribution in [2.45, 2.75) is 19.0 Å². The molecule has 2 N–H and O–H groups in total. The highest BCUT2D eigenvalue weighted by Crippen LogP contribution is 2.18. The zero-order valence-electron chi connectivity index (χ0n) is 16.5. The van der Waals surface area contributed by atoms with Gasteiger partial charge in [0.15, 0.2) is 5.82 Å². The molecule has 0 fully saturated rings. The number of hydrogen-bond acceptors (Lipinski definition) is 3. The molecule has 4 aromatic rings. The van der Waals surface area contributed by atoms with Gasteiger partial charge in [-0.3, -0.25) is 0 Å². The minimum absolute atomic E-state index is 0.120. The highest BCUT2D eigenvalue weighted by molar-refractivity contribution is 5.74. The third-order valence-electron chi connectivity index (χ3n) is 4.79. The Morgan fingerprint density at radius 2 is 1.67 bits per heavy atom. The predicted octanol–water partition coefficient (Wildman–Crippen LogP) is 4.05. The van der Waals surface area contributed by atoms with Crippen LogP contribution >= 0.6 is 0 Å². The summed E-state index contributed by atoms with van der Waals surface area (Å²) in [6.07, 6.45) is 5.97. The van der Waals surface area contributed by atoms with Crippen molar-refractivity contribution in [2.75, 3.05) is 0 Å². The molecular weight excluding hydrogens is 374 g/mol. The van der Waals surface area contributed by atoms with Crippen molar-refractivity contribution in [1.82, 2.24) is 25.4 Å². The highest BCUT2D eigenvalue weighted by atomic mass is 16.2. The minimum Gasteiger partial charge on any atom is -0.334 e. The van der Waals surface area contributed by atoms with E-state index >= 15 is 0 Å². The van der Waals surface area contributed by atoms with Gasteiger partial charge in [-0.15, -0.1) is 0 Å².